The van der Waals surface area contributed by atoms with Crippen molar-refractivity contribution < 1.29 is 13.2 Å². The highest BCUT2D eigenvalue weighted by Crippen LogP contribution is 2.32. The number of pyridine rings is 1. The van der Waals surface area contributed by atoms with Crippen molar-refractivity contribution in [1.29, 1.82) is 0 Å². The summed E-state index contributed by atoms with van der Waals surface area (Å²) in [5.41, 5.74) is 2.29. The van der Waals surface area contributed by atoms with Crippen LogP contribution >= 0.6 is 0 Å². The molecule has 130 valence electrons. The maximum Gasteiger partial charge on any atom is 0.263 e. The number of hydrogen-bond acceptors (Lipinski definition) is 4. The Kier molecular flexibility index (Phi) is 5.49. The van der Waals surface area contributed by atoms with Crippen LogP contribution in [0.15, 0.2) is 35.4 Å². The quantitative estimate of drug-likeness (QED) is 0.856. The van der Waals surface area contributed by atoms with Gasteiger partial charge in [0.15, 0.2) is 0 Å². The first-order chi connectivity index (χ1) is 11.3. The van der Waals surface area contributed by atoms with Gasteiger partial charge in [-0.15, -0.1) is 0 Å². The minimum Gasteiger partial charge on any atom is -0.494 e. The number of anilines is 1. The van der Waals surface area contributed by atoms with E-state index in [2.05, 4.69) is 9.71 Å². The molecule has 0 spiro atoms. The maximum atomic E-state index is 12.8. The van der Waals surface area contributed by atoms with E-state index < -0.39 is 10.0 Å². The van der Waals surface area contributed by atoms with Crippen molar-refractivity contribution in [2.45, 2.75) is 45.4 Å². The van der Waals surface area contributed by atoms with Gasteiger partial charge in [0, 0.05) is 6.20 Å². The average molecular weight is 348 g/mol. The lowest BCUT2D eigenvalue weighted by atomic mass is 10.0. The Bertz CT molecular complexity index is 830. The van der Waals surface area contributed by atoms with Crippen molar-refractivity contribution in [3.63, 3.8) is 0 Å². The first kappa shape index (κ1) is 18.3. The van der Waals surface area contributed by atoms with Crippen LogP contribution in [0.2, 0.25) is 0 Å². The molecule has 1 aromatic carbocycles. The molecule has 24 heavy (non-hydrogen) atoms. The molecular weight excluding hydrogens is 324 g/mol. The molecule has 0 fully saturated rings. The highest BCUT2D eigenvalue weighted by Gasteiger charge is 2.22. The molecule has 1 aromatic heterocycles. The van der Waals surface area contributed by atoms with E-state index in [1.807, 2.05) is 33.8 Å². The second-order valence-corrected chi connectivity index (χ2v) is 7.67. The zero-order chi connectivity index (χ0) is 17.9. The summed E-state index contributed by atoms with van der Waals surface area (Å²) in [5, 5.41) is 0. The number of sulfonamides is 1. The summed E-state index contributed by atoms with van der Waals surface area (Å²) in [7, 11) is -3.72. The standard InChI is InChI=1S/C18H24N2O3S/c1-6-23-16-10-14(5)17(11-15(16)12(2)3)24(21,22)20-18-13(4)8-7-9-19-18/h7-12H,6H2,1-5H3,(H,19,20). The molecule has 1 heterocycles. The summed E-state index contributed by atoms with van der Waals surface area (Å²) in [4.78, 5) is 4.36. The van der Waals surface area contributed by atoms with E-state index in [0.717, 1.165) is 16.9 Å². The highest BCUT2D eigenvalue weighted by atomic mass is 32.2. The molecule has 0 aliphatic heterocycles. The Morgan fingerprint density at radius 2 is 1.92 bits per heavy atom. The zero-order valence-corrected chi connectivity index (χ0v) is 15.6. The van der Waals surface area contributed by atoms with Gasteiger partial charge in [0.05, 0.1) is 11.5 Å². The number of aryl methyl sites for hydroxylation is 2. The van der Waals surface area contributed by atoms with Gasteiger partial charge < -0.3 is 4.74 Å². The minimum absolute atomic E-state index is 0.151. The van der Waals surface area contributed by atoms with Crippen molar-refractivity contribution in [3.05, 3.63) is 47.2 Å². The average Bonchev–Trinajstić information content (AvgIpc) is 2.49. The molecule has 5 nitrogen and oxygen atoms in total. The fraction of sp³-hybridized carbons (Fsp3) is 0.389. The van der Waals surface area contributed by atoms with E-state index in [-0.39, 0.29) is 10.8 Å². The third-order valence-corrected chi connectivity index (χ3v) is 5.24. The van der Waals surface area contributed by atoms with Gasteiger partial charge in [-0.1, -0.05) is 19.9 Å². The Balaban J connectivity index is 2.50. The summed E-state index contributed by atoms with van der Waals surface area (Å²) < 4.78 is 33.9. The third-order valence-electron chi connectivity index (χ3n) is 3.76. The summed E-state index contributed by atoms with van der Waals surface area (Å²) in [5.74, 6) is 1.23. The minimum atomic E-state index is -3.72. The Morgan fingerprint density at radius 3 is 2.50 bits per heavy atom. The molecule has 0 aliphatic carbocycles. The zero-order valence-electron chi connectivity index (χ0n) is 14.8. The second-order valence-electron chi connectivity index (χ2n) is 6.02. The molecular formula is C18H24N2O3S. The molecule has 0 radical (unpaired) electrons. The van der Waals surface area contributed by atoms with Crippen LogP contribution in [0, 0.1) is 13.8 Å². The van der Waals surface area contributed by atoms with Crippen LogP contribution in [-0.2, 0) is 10.0 Å². The number of nitrogens with one attached hydrogen (secondary N) is 1. The van der Waals surface area contributed by atoms with Gasteiger partial charge >= 0.3 is 0 Å². The SMILES string of the molecule is CCOc1cc(C)c(S(=O)(=O)Nc2ncccc2C)cc1C(C)C. The van der Waals surface area contributed by atoms with Crippen molar-refractivity contribution in [1.82, 2.24) is 4.98 Å². The molecule has 2 rings (SSSR count). The number of benzene rings is 1. The lowest BCUT2D eigenvalue weighted by Crippen LogP contribution is -2.16. The van der Waals surface area contributed by atoms with Crippen LogP contribution in [0.4, 0.5) is 5.82 Å². The smallest absolute Gasteiger partial charge is 0.263 e. The van der Waals surface area contributed by atoms with Crippen LogP contribution in [0.1, 0.15) is 43.4 Å². The number of nitrogens with zero attached hydrogens (tertiary/aromatic N) is 1. The van der Waals surface area contributed by atoms with E-state index >= 15 is 0 Å². The van der Waals surface area contributed by atoms with E-state index in [0.29, 0.717) is 18.0 Å². The molecule has 0 saturated carbocycles. The highest BCUT2D eigenvalue weighted by molar-refractivity contribution is 7.92. The molecule has 6 heteroatoms. The van der Waals surface area contributed by atoms with Crippen LogP contribution in [0.5, 0.6) is 5.75 Å². The van der Waals surface area contributed by atoms with Gasteiger partial charge in [0.25, 0.3) is 10.0 Å². The van der Waals surface area contributed by atoms with Gasteiger partial charge in [-0.25, -0.2) is 13.4 Å². The first-order valence-electron chi connectivity index (χ1n) is 7.98. The summed E-state index contributed by atoms with van der Waals surface area (Å²) in [6.45, 7) is 10.1. The third kappa shape index (κ3) is 3.87. The van der Waals surface area contributed by atoms with Crippen LogP contribution in [0.25, 0.3) is 0 Å². The number of hydrogen-bond donors (Lipinski definition) is 1. The lowest BCUT2D eigenvalue weighted by Gasteiger charge is -2.18. The summed E-state index contributed by atoms with van der Waals surface area (Å²) in [6.07, 6.45) is 1.56. The number of rotatable bonds is 6. The van der Waals surface area contributed by atoms with Crippen LogP contribution in [0.3, 0.4) is 0 Å². The second kappa shape index (κ2) is 7.21. The van der Waals surface area contributed by atoms with Crippen LogP contribution < -0.4 is 9.46 Å². The fourth-order valence-electron chi connectivity index (χ4n) is 2.47. The molecule has 0 bridgehead atoms. The molecule has 2 aromatic rings. The Hall–Kier alpha value is -2.08. The summed E-state index contributed by atoms with van der Waals surface area (Å²) in [6, 6.07) is 7.08. The fourth-order valence-corrected chi connectivity index (χ4v) is 3.82. The lowest BCUT2D eigenvalue weighted by molar-refractivity contribution is 0.334. The number of ether oxygens (including phenoxy) is 1. The van der Waals surface area contributed by atoms with Gasteiger partial charge in [-0.3, -0.25) is 4.72 Å². The van der Waals surface area contributed by atoms with Crippen molar-refractivity contribution in [2.24, 2.45) is 0 Å². The molecule has 0 saturated heterocycles. The number of aromatic nitrogens is 1. The van der Waals surface area contributed by atoms with Crippen molar-refractivity contribution in [2.75, 3.05) is 11.3 Å². The largest absolute Gasteiger partial charge is 0.494 e. The van der Waals surface area contributed by atoms with Crippen molar-refractivity contribution >= 4 is 15.8 Å². The molecule has 1 N–H and O–H groups in total. The predicted molar refractivity (Wildman–Crippen MR) is 96.2 cm³/mol. The van der Waals surface area contributed by atoms with Gasteiger partial charge in [-0.05, 0) is 61.6 Å². The Morgan fingerprint density at radius 1 is 1.21 bits per heavy atom. The Labute approximate surface area is 144 Å². The topological polar surface area (TPSA) is 68.3 Å². The van der Waals surface area contributed by atoms with Crippen molar-refractivity contribution in [3.8, 4) is 5.75 Å². The normalized spacial score (nSPS) is 11.6. The van der Waals surface area contributed by atoms with Gasteiger partial charge in [0.2, 0.25) is 0 Å². The summed E-state index contributed by atoms with van der Waals surface area (Å²) >= 11 is 0. The van der Waals surface area contributed by atoms with E-state index in [1.54, 1.807) is 31.3 Å². The monoisotopic (exact) mass is 348 g/mol. The maximum absolute atomic E-state index is 12.8. The van der Waals surface area contributed by atoms with E-state index in [9.17, 15) is 8.42 Å². The molecule has 0 aliphatic rings. The van der Waals surface area contributed by atoms with Gasteiger partial charge in [0.1, 0.15) is 11.6 Å². The van der Waals surface area contributed by atoms with Crippen LogP contribution in [-0.4, -0.2) is 20.0 Å². The van der Waals surface area contributed by atoms with E-state index in [1.165, 1.54) is 0 Å². The molecule has 0 amide bonds. The molecule has 0 unspecified atom stereocenters. The molecule has 0 atom stereocenters. The predicted octanol–water partition coefficient (Wildman–Crippen LogP) is 4.02. The van der Waals surface area contributed by atoms with E-state index in [4.69, 9.17) is 4.74 Å². The van der Waals surface area contributed by atoms with Gasteiger partial charge in [-0.2, -0.15) is 0 Å². The first-order valence-corrected chi connectivity index (χ1v) is 9.46.